The van der Waals surface area contributed by atoms with Crippen LogP contribution in [-0.2, 0) is 32.6 Å². The van der Waals surface area contributed by atoms with Gasteiger partial charge in [-0.15, -0.1) is 0 Å². The standard InChI is InChI=1S/C32H30Cl3N3O4S/c1-2-36-32(40)30(19-23-8-4-3-5-9-23)37(21-24-10-6-11-26(34)18-24)31(39)22-38(28-13-7-12-27(35)20-28)43(41,42)29-16-14-25(33)15-17-29/h3-18,20,30H,2,19,21-22H2,1H3,(H,36,40)/t30-/m1/s1. The minimum atomic E-state index is -4.26. The Kier molecular flexibility index (Phi) is 11.1. The monoisotopic (exact) mass is 657 g/mol. The van der Waals surface area contributed by atoms with Crippen LogP contribution < -0.4 is 9.62 Å². The van der Waals surface area contributed by atoms with Crippen molar-refractivity contribution in [3.8, 4) is 0 Å². The Morgan fingerprint density at radius 3 is 2.02 bits per heavy atom. The first-order chi connectivity index (χ1) is 20.6. The zero-order chi connectivity index (χ0) is 31.0. The Bertz CT molecular complexity index is 1670. The zero-order valence-corrected chi connectivity index (χ0v) is 26.4. The number of amides is 2. The summed E-state index contributed by atoms with van der Waals surface area (Å²) in [6.45, 7) is 1.55. The van der Waals surface area contributed by atoms with Gasteiger partial charge in [-0.3, -0.25) is 13.9 Å². The van der Waals surface area contributed by atoms with Gasteiger partial charge >= 0.3 is 0 Å². The topological polar surface area (TPSA) is 86.8 Å². The molecule has 4 aromatic rings. The van der Waals surface area contributed by atoms with Crippen LogP contribution in [0.3, 0.4) is 0 Å². The van der Waals surface area contributed by atoms with Gasteiger partial charge in [0.1, 0.15) is 12.6 Å². The van der Waals surface area contributed by atoms with Crippen LogP contribution in [0.4, 0.5) is 5.69 Å². The Balaban J connectivity index is 1.80. The molecule has 2 amide bonds. The molecule has 7 nitrogen and oxygen atoms in total. The SMILES string of the molecule is CCNC(=O)[C@@H](Cc1ccccc1)N(Cc1cccc(Cl)c1)C(=O)CN(c1cccc(Cl)c1)S(=O)(=O)c1ccc(Cl)cc1. The highest BCUT2D eigenvalue weighted by Gasteiger charge is 2.34. The molecule has 1 atom stereocenters. The van der Waals surface area contributed by atoms with Gasteiger partial charge in [-0.1, -0.05) is 83.3 Å². The number of benzene rings is 4. The summed E-state index contributed by atoms with van der Waals surface area (Å²) in [4.78, 5) is 29.2. The van der Waals surface area contributed by atoms with Crippen LogP contribution in [0, 0.1) is 0 Å². The first kappa shape index (κ1) is 32.4. The van der Waals surface area contributed by atoms with Crippen LogP contribution in [-0.4, -0.2) is 44.3 Å². The lowest BCUT2D eigenvalue weighted by atomic mass is 10.0. The third-order valence-electron chi connectivity index (χ3n) is 6.64. The number of rotatable bonds is 12. The molecule has 0 aliphatic heterocycles. The van der Waals surface area contributed by atoms with Crippen molar-refractivity contribution < 1.29 is 18.0 Å². The van der Waals surface area contributed by atoms with E-state index in [-0.39, 0.29) is 29.5 Å². The van der Waals surface area contributed by atoms with E-state index in [0.717, 1.165) is 9.87 Å². The van der Waals surface area contributed by atoms with Crippen LogP contribution in [0.2, 0.25) is 15.1 Å². The van der Waals surface area contributed by atoms with Gasteiger partial charge in [-0.25, -0.2) is 8.42 Å². The highest BCUT2D eigenvalue weighted by Crippen LogP contribution is 2.28. The number of hydrogen-bond acceptors (Lipinski definition) is 4. The lowest BCUT2D eigenvalue weighted by Crippen LogP contribution is -2.53. The second kappa shape index (κ2) is 14.8. The predicted octanol–water partition coefficient (Wildman–Crippen LogP) is 6.62. The summed E-state index contributed by atoms with van der Waals surface area (Å²) in [6, 6.07) is 27.2. The summed E-state index contributed by atoms with van der Waals surface area (Å²) in [5.74, 6) is -0.957. The van der Waals surface area contributed by atoms with Crippen LogP contribution in [0.25, 0.3) is 0 Å². The maximum atomic E-state index is 14.3. The van der Waals surface area contributed by atoms with Crippen molar-refractivity contribution >= 4 is 62.3 Å². The molecule has 4 aromatic carbocycles. The normalized spacial score (nSPS) is 11.9. The number of likely N-dealkylation sites (N-methyl/N-ethyl adjacent to an activating group) is 1. The molecule has 1 N–H and O–H groups in total. The van der Waals surface area contributed by atoms with Crippen molar-refractivity contribution in [2.45, 2.75) is 30.8 Å². The summed E-state index contributed by atoms with van der Waals surface area (Å²) in [7, 11) is -4.26. The molecular weight excluding hydrogens is 629 g/mol. The Labute approximate surface area is 267 Å². The number of carbonyl (C=O) groups excluding carboxylic acids is 2. The molecule has 11 heteroatoms. The van der Waals surface area contributed by atoms with Gasteiger partial charge in [0.15, 0.2) is 0 Å². The van der Waals surface area contributed by atoms with E-state index in [1.54, 1.807) is 49.4 Å². The first-order valence-corrected chi connectivity index (χ1v) is 16.1. The molecule has 0 saturated carbocycles. The molecule has 0 bridgehead atoms. The van der Waals surface area contributed by atoms with Gasteiger partial charge in [-0.05, 0) is 72.6 Å². The van der Waals surface area contributed by atoms with E-state index >= 15 is 0 Å². The van der Waals surface area contributed by atoms with E-state index in [1.165, 1.54) is 35.2 Å². The summed E-state index contributed by atoms with van der Waals surface area (Å²) < 4.78 is 29.0. The molecular formula is C32H30Cl3N3O4S. The second-order valence-electron chi connectivity index (χ2n) is 9.70. The third-order valence-corrected chi connectivity index (χ3v) is 9.15. The lowest BCUT2D eigenvalue weighted by Gasteiger charge is -2.34. The summed E-state index contributed by atoms with van der Waals surface area (Å²) >= 11 is 18.5. The van der Waals surface area contributed by atoms with Crippen LogP contribution in [0.5, 0.6) is 0 Å². The molecule has 43 heavy (non-hydrogen) atoms. The molecule has 224 valence electrons. The number of halogens is 3. The molecule has 0 radical (unpaired) electrons. The summed E-state index contributed by atoms with van der Waals surface area (Å²) in [5, 5.41) is 3.95. The van der Waals surface area contributed by atoms with E-state index < -0.39 is 28.5 Å². The highest BCUT2D eigenvalue weighted by atomic mass is 35.5. The molecule has 0 saturated heterocycles. The number of anilines is 1. The Hall–Kier alpha value is -3.56. The average molecular weight is 659 g/mol. The zero-order valence-electron chi connectivity index (χ0n) is 23.3. The van der Waals surface area contributed by atoms with E-state index in [4.69, 9.17) is 34.8 Å². The average Bonchev–Trinajstić information content (AvgIpc) is 2.98. The molecule has 0 aliphatic rings. The lowest BCUT2D eigenvalue weighted by molar-refractivity contribution is -0.140. The fourth-order valence-corrected chi connectivity index (χ4v) is 6.50. The number of nitrogens with one attached hydrogen (secondary N) is 1. The smallest absolute Gasteiger partial charge is 0.264 e. The molecule has 0 unspecified atom stereocenters. The van der Waals surface area contributed by atoms with Gasteiger partial charge in [-0.2, -0.15) is 0 Å². The number of sulfonamides is 1. The molecule has 0 aliphatic carbocycles. The number of nitrogens with zero attached hydrogens (tertiary/aromatic N) is 2. The quantitative estimate of drug-likeness (QED) is 0.185. The van der Waals surface area contributed by atoms with Crippen molar-refractivity contribution in [2.24, 2.45) is 0 Å². The van der Waals surface area contributed by atoms with Gasteiger partial charge < -0.3 is 10.2 Å². The van der Waals surface area contributed by atoms with Crippen LogP contribution in [0.15, 0.2) is 108 Å². The van der Waals surface area contributed by atoms with E-state index in [1.807, 2.05) is 30.3 Å². The molecule has 4 rings (SSSR count). The van der Waals surface area contributed by atoms with Crippen molar-refractivity contribution in [1.82, 2.24) is 10.2 Å². The van der Waals surface area contributed by atoms with Crippen molar-refractivity contribution in [2.75, 3.05) is 17.4 Å². The minimum absolute atomic E-state index is 0.0123. The molecule has 0 aromatic heterocycles. The second-order valence-corrected chi connectivity index (χ2v) is 12.9. The van der Waals surface area contributed by atoms with Crippen molar-refractivity contribution in [1.29, 1.82) is 0 Å². The number of carbonyl (C=O) groups is 2. The number of hydrogen-bond donors (Lipinski definition) is 1. The van der Waals surface area contributed by atoms with Gasteiger partial charge in [0.25, 0.3) is 10.0 Å². The van der Waals surface area contributed by atoms with Crippen LogP contribution >= 0.6 is 34.8 Å². The van der Waals surface area contributed by atoms with E-state index in [9.17, 15) is 18.0 Å². The Morgan fingerprint density at radius 2 is 1.40 bits per heavy atom. The maximum absolute atomic E-state index is 14.3. The van der Waals surface area contributed by atoms with E-state index in [0.29, 0.717) is 27.2 Å². The van der Waals surface area contributed by atoms with Crippen molar-refractivity contribution in [3.63, 3.8) is 0 Å². The summed E-state index contributed by atoms with van der Waals surface area (Å²) in [6.07, 6.45) is 0.208. The fourth-order valence-electron chi connectivity index (χ4n) is 4.57. The van der Waals surface area contributed by atoms with Crippen molar-refractivity contribution in [3.05, 3.63) is 129 Å². The minimum Gasteiger partial charge on any atom is -0.355 e. The van der Waals surface area contributed by atoms with E-state index in [2.05, 4.69) is 5.32 Å². The summed E-state index contributed by atoms with van der Waals surface area (Å²) in [5.41, 5.74) is 1.71. The van der Waals surface area contributed by atoms with Crippen LogP contribution in [0.1, 0.15) is 18.1 Å². The van der Waals surface area contributed by atoms with Gasteiger partial charge in [0.2, 0.25) is 11.8 Å². The molecule has 0 heterocycles. The molecule has 0 fully saturated rings. The Morgan fingerprint density at radius 1 is 0.767 bits per heavy atom. The van der Waals surface area contributed by atoms with Gasteiger partial charge in [0, 0.05) is 34.6 Å². The third kappa shape index (κ3) is 8.51. The fraction of sp³-hybridized carbons (Fsp3) is 0.188. The van der Waals surface area contributed by atoms with Gasteiger partial charge in [0.05, 0.1) is 10.6 Å². The molecule has 0 spiro atoms. The largest absolute Gasteiger partial charge is 0.355 e. The highest BCUT2D eigenvalue weighted by molar-refractivity contribution is 7.92. The first-order valence-electron chi connectivity index (χ1n) is 13.5. The maximum Gasteiger partial charge on any atom is 0.264 e. The predicted molar refractivity (Wildman–Crippen MR) is 172 cm³/mol.